The maximum Gasteiger partial charge on any atom is 0.213 e. The van der Waals surface area contributed by atoms with Crippen molar-refractivity contribution in [1.29, 1.82) is 0 Å². The van der Waals surface area contributed by atoms with Crippen LogP contribution >= 0.6 is 0 Å². The maximum absolute atomic E-state index is 5.10. The molecule has 0 fully saturated rings. The summed E-state index contributed by atoms with van der Waals surface area (Å²) in [6.07, 6.45) is 4.06. The molecule has 0 radical (unpaired) electrons. The van der Waals surface area contributed by atoms with Crippen molar-refractivity contribution in [2.45, 2.75) is 19.8 Å². The third-order valence-corrected chi connectivity index (χ3v) is 2.74. The van der Waals surface area contributed by atoms with E-state index in [4.69, 9.17) is 4.74 Å². The van der Waals surface area contributed by atoms with Crippen LogP contribution in [-0.4, -0.2) is 24.4 Å². The lowest BCUT2D eigenvalue weighted by molar-refractivity contribution is 0.397. The molecule has 80 valence electrons. The standard InChI is InChI=1S/C12H16N2O/c1-9-3-4-11(14-8-9)10-5-6-13-12(7-10)15-2/h5-7,9H,3-4,8H2,1-2H3/t9-/m0/s1. The zero-order chi connectivity index (χ0) is 10.7. The van der Waals surface area contributed by atoms with E-state index in [1.165, 1.54) is 12.1 Å². The highest BCUT2D eigenvalue weighted by molar-refractivity contribution is 6.01. The monoisotopic (exact) mass is 204 g/mol. The molecule has 1 aliphatic heterocycles. The van der Waals surface area contributed by atoms with E-state index in [1.807, 2.05) is 12.1 Å². The molecule has 0 saturated heterocycles. The predicted octanol–water partition coefficient (Wildman–Crippen LogP) is 2.31. The van der Waals surface area contributed by atoms with Crippen LogP contribution in [0.2, 0.25) is 0 Å². The Labute approximate surface area is 90.2 Å². The minimum absolute atomic E-state index is 0.661. The fourth-order valence-electron chi connectivity index (χ4n) is 1.76. The zero-order valence-electron chi connectivity index (χ0n) is 9.23. The minimum atomic E-state index is 0.661. The molecule has 15 heavy (non-hydrogen) atoms. The van der Waals surface area contributed by atoms with E-state index in [-0.39, 0.29) is 0 Å². The van der Waals surface area contributed by atoms with Crippen molar-refractivity contribution in [3.63, 3.8) is 0 Å². The Hall–Kier alpha value is -1.38. The Bertz CT molecular complexity index is 374. The number of methoxy groups -OCH3 is 1. The molecule has 0 N–H and O–H groups in total. The van der Waals surface area contributed by atoms with Crippen LogP contribution in [0, 0.1) is 5.92 Å². The molecule has 3 heteroatoms. The Morgan fingerprint density at radius 3 is 3.00 bits per heavy atom. The summed E-state index contributed by atoms with van der Waals surface area (Å²) in [4.78, 5) is 8.68. The van der Waals surface area contributed by atoms with Crippen LogP contribution in [-0.2, 0) is 0 Å². The van der Waals surface area contributed by atoms with Crippen LogP contribution in [0.3, 0.4) is 0 Å². The first-order chi connectivity index (χ1) is 7.29. The molecule has 2 heterocycles. The van der Waals surface area contributed by atoms with Gasteiger partial charge in [0.05, 0.1) is 7.11 Å². The summed E-state index contributed by atoms with van der Waals surface area (Å²) in [5.41, 5.74) is 2.34. The second-order valence-electron chi connectivity index (χ2n) is 4.02. The van der Waals surface area contributed by atoms with Gasteiger partial charge in [0.1, 0.15) is 0 Å². The molecule has 0 bridgehead atoms. The summed E-state index contributed by atoms with van der Waals surface area (Å²) in [6.45, 7) is 3.19. The fraction of sp³-hybridized carbons (Fsp3) is 0.500. The van der Waals surface area contributed by atoms with Gasteiger partial charge >= 0.3 is 0 Å². The van der Waals surface area contributed by atoms with Gasteiger partial charge in [-0.05, 0) is 24.8 Å². The van der Waals surface area contributed by atoms with Gasteiger partial charge in [0.15, 0.2) is 0 Å². The van der Waals surface area contributed by atoms with Crippen LogP contribution in [0.15, 0.2) is 23.3 Å². The molecule has 1 aromatic rings. The first-order valence-corrected chi connectivity index (χ1v) is 5.33. The molecule has 3 nitrogen and oxygen atoms in total. The molecular weight excluding hydrogens is 188 g/mol. The van der Waals surface area contributed by atoms with Crippen molar-refractivity contribution < 1.29 is 4.74 Å². The molecule has 0 unspecified atom stereocenters. The van der Waals surface area contributed by atoms with Gasteiger partial charge in [-0.3, -0.25) is 4.99 Å². The average molecular weight is 204 g/mol. The smallest absolute Gasteiger partial charge is 0.213 e. The molecule has 1 aromatic heterocycles. The molecular formula is C12H16N2O. The van der Waals surface area contributed by atoms with Gasteiger partial charge in [-0.25, -0.2) is 4.98 Å². The molecule has 1 aliphatic rings. The van der Waals surface area contributed by atoms with Gasteiger partial charge in [-0.2, -0.15) is 0 Å². The van der Waals surface area contributed by atoms with E-state index in [0.29, 0.717) is 5.88 Å². The number of nitrogens with zero attached hydrogens (tertiary/aromatic N) is 2. The number of aromatic nitrogens is 1. The second-order valence-corrected chi connectivity index (χ2v) is 4.02. The van der Waals surface area contributed by atoms with E-state index < -0.39 is 0 Å². The summed E-state index contributed by atoms with van der Waals surface area (Å²) in [7, 11) is 1.64. The number of hydrogen-bond acceptors (Lipinski definition) is 3. The molecule has 0 amide bonds. The highest BCUT2D eigenvalue weighted by Crippen LogP contribution is 2.19. The Morgan fingerprint density at radius 1 is 1.47 bits per heavy atom. The van der Waals surface area contributed by atoms with Gasteiger partial charge in [0.2, 0.25) is 5.88 Å². The molecule has 0 aliphatic carbocycles. The predicted molar refractivity (Wildman–Crippen MR) is 60.6 cm³/mol. The molecule has 0 saturated carbocycles. The maximum atomic E-state index is 5.10. The lowest BCUT2D eigenvalue weighted by Crippen LogP contribution is -2.14. The Kier molecular flexibility index (Phi) is 2.99. The zero-order valence-corrected chi connectivity index (χ0v) is 9.23. The first-order valence-electron chi connectivity index (χ1n) is 5.33. The lowest BCUT2D eigenvalue weighted by atomic mass is 9.96. The van der Waals surface area contributed by atoms with E-state index in [0.717, 1.165) is 24.4 Å². The third-order valence-electron chi connectivity index (χ3n) is 2.74. The molecule has 1 atom stereocenters. The number of pyridine rings is 1. The van der Waals surface area contributed by atoms with Crippen molar-refractivity contribution >= 4 is 5.71 Å². The summed E-state index contributed by atoms with van der Waals surface area (Å²) in [6, 6.07) is 3.95. The summed E-state index contributed by atoms with van der Waals surface area (Å²) in [5, 5.41) is 0. The van der Waals surface area contributed by atoms with Gasteiger partial charge < -0.3 is 4.74 Å². The highest BCUT2D eigenvalue weighted by Gasteiger charge is 2.13. The summed E-state index contributed by atoms with van der Waals surface area (Å²) < 4.78 is 5.10. The van der Waals surface area contributed by atoms with Crippen molar-refractivity contribution in [2.24, 2.45) is 10.9 Å². The topological polar surface area (TPSA) is 34.5 Å². The SMILES string of the molecule is COc1cc(C2=NC[C@@H](C)CC2)ccn1. The van der Waals surface area contributed by atoms with Crippen LogP contribution in [0.25, 0.3) is 0 Å². The van der Waals surface area contributed by atoms with E-state index in [1.54, 1.807) is 13.3 Å². The van der Waals surface area contributed by atoms with Gasteiger partial charge in [-0.15, -0.1) is 0 Å². The highest BCUT2D eigenvalue weighted by atomic mass is 16.5. The number of rotatable bonds is 2. The molecule has 0 aromatic carbocycles. The number of hydrogen-bond donors (Lipinski definition) is 0. The normalized spacial score (nSPS) is 20.9. The van der Waals surface area contributed by atoms with Crippen LogP contribution in [0.5, 0.6) is 5.88 Å². The van der Waals surface area contributed by atoms with Gasteiger partial charge in [0, 0.05) is 30.1 Å². The third kappa shape index (κ3) is 2.35. The van der Waals surface area contributed by atoms with Gasteiger partial charge in [-0.1, -0.05) is 6.92 Å². The van der Waals surface area contributed by atoms with Crippen molar-refractivity contribution in [2.75, 3.05) is 13.7 Å². The Morgan fingerprint density at radius 2 is 2.33 bits per heavy atom. The van der Waals surface area contributed by atoms with Crippen molar-refractivity contribution in [3.8, 4) is 5.88 Å². The van der Waals surface area contributed by atoms with Crippen molar-refractivity contribution in [3.05, 3.63) is 23.9 Å². The number of aliphatic imine (C=N–C) groups is 1. The summed E-state index contributed by atoms with van der Waals surface area (Å²) in [5.74, 6) is 1.38. The summed E-state index contributed by atoms with van der Waals surface area (Å²) >= 11 is 0. The quantitative estimate of drug-likeness (QED) is 0.740. The fourth-order valence-corrected chi connectivity index (χ4v) is 1.76. The lowest BCUT2D eigenvalue weighted by Gasteiger charge is -2.17. The van der Waals surface area contributed by atoms with Crippen LogP contribution < -0.4 is 4.74 Å². The molecule has 0 spiro atoms. The van der Waals surface area contributed by atoms with Crippen molar-refractivity contribution in [1.82, 2.24) is 4.98 Å². The largest absolute Gasteiger partial charge is 0.481 e. The average Bonchev–Trinajstić information content (AvgIpc) is 2.30. The van der Waals surface area contributed by atoms with Crippen LogP contribution in [0.4, 0.5) is 0 Å². The van der Waals surface area contributed by atoms with Crippen LogP contribution in [0.1, 0.15) is 25.3 Å². The first kappa shape index (κ1) is 10.1. The molecule has 2 rings (SSSR count). The van der Waals surface area contributed by atoms with E-state index >= 15 is 0 Å². The van der Waals surface area contributed by atoms with E-state index in [9.17, 15) is 0 Å². The number of ether oxygens (including phenoxy) is 1. The van der Waals surface area contributed by atoms with E-state index in [2.05, 4.69) is 16.9 Å². The van der Waals surface area contributed by atoms with Gasteiger partial charge in [0.25, 0.3) is 0 Å². The minimum Gasteiger partial charge on any atom is -0.481 e. The Balaban J connectivity index is 2.22. The second kappa shape index (κ2) is 4.43.